The molecule has 0 saturated carbocycles. The minimum absolute atomic E-state index is 0.465. The van der Waals surface area contributed by atoms with E-state index >= 15 is 0 Å². The molecule has 0 amide bonds. The van der Waals surface area contributed by atoms with E-state index in [1.54, 1.807) is 0 Å². The maximum absolute atomic E-state index is 13.8. The minimum Gasteiger partial charge on any atom is -0.382 e. The molecule has 31 heavy (non-hydrogen) atoms. The molecule has 2 aromatic heterocycles. The first kappa shape index (κ1) is 21.6. The molecule has 0 aliphatic rings. The molecule has 2 N–H and O–H groups in total. The molecule has 0 saturated heterocycles. The number of imidazole rings is 1. The Balaban J connectivity index is 1.54. The second-order valence-electron chi connectivity index (χ2n) is 7.62. The van der Waals surface area contributed by atoms with Crippen LogP contribution in [0.25, 0.3) is 21.9 Å². The van der Waals surface area contributed by atoms with Gasteiger partial charge in [0.1, 0.15) is 23.0 Å². The molecule has 162 valence electrons. The summed E-state index contributed by atoms with van der Waals surface area (Å²) in [6.07, 6.45) is 4.89. The molecule has 0 aliphatic carbocycles. The lowest BCUT2D eigenvalue weighted by atomic mass is 10.2. The van der Waals surface area contributed by atoms with Gasteiger partial charge < -0.3 is 10.3 Å². The largest absolute Gasteiger partial charge is 0.382 e. The van der Waals surface area contributed by atoms with Crippen molar-refractivity contribution in [3.63, 3.8) is 0 Å². The lowest BCUT2D eigenvalue weighted by Crippen LogP contribution is -2.05. The van der Waals surface area contributed by atoms with Gasteiger partial charge in [0.05, 0.1) is 11.0 Å². The van der Waals surface area contributed by atoms with Crippen LogP contribution < -0.4 is 5.73 Å². The molecular weight excluding hydrogens is 414 g/mol. The summed E-state index contributed by atoms with van der Waals surface area (Å²) in [4.78, 5) is 9.87. The number of halogens is 2. The summed E-state index contributed by atoms with van der Waals surface area (Å²) < 4.78 is 29.2. The van der Waals surface area contributed by atoms with Gasteiger partial charge in [-0.25, -0.2) is 18.7 Å². The van der Waals surface area contributed by atoms with Crippen LogP contribution in [0.2, 0.25) is 0 Å². The number of hydrogen-bond donors (Lipinski definition) is 1. The molecule has 0 radical (unpaired) electrons. The van der Waals surface area contributed by atoms with Crippen LogP contribution in [0.3, 0.4) is 0 Å². The monoisotopic (exact) mass is 440 g/mol. The Labute approximate surface area is 184 Å². The maximum Gasteiger partial charge on any atom is 0.152 e. The van der Waals surface area contributed by atoms with Crippen molar-refractivity contribution in [1.29, 1.82) is 0 Å². The van der Waals surface area contributed by atoms with E-state index in [0.29, 0.717) is 10.7 Å². The van der Waals surface area contributed by atoms with Crippen LogP contribution in [-0.4, -0.2) is 20.3 Å². The number of rotatable bonds is 9. The highest BCUT2D eigenvalue weighted by atomic mass is 32.2. The Bertz CT molecular complexity index is 1210. The zero-order valence-electron chi connectivity index (χ0n) is 17.6. The van der Waals surface area contributed by atoms with E-state index in [-0.39, 0.29) is 0 Å². The summed E-state index contributed by atoms with van der Waals surface area (Å²) in [6.45, 7) is 2.99. The first-order chi connectivity index (χ1) is 15.1. The predicted octanol–water partition coefficient (Wildman–Crippen LogP) is 6.36. The van der Waals surface area contributed by atoms with Crippen LogP contribution in [0, 0.1) is 11.6 Å². The summed E-state index contributed by atoms with van der Waals surface area (Å²) in [7, 11) is 0. The van der Waals surface area contributed by atoms with Crippen LogP contribution in [0.4, 0.5) is 14.6 Å². The first-order valence-electron chi connectivity index (χ1n) is 10.7. The number of anilines is 1. The topological polar surface area (TPSA) is 56.7 Å². The Morgan fingerprint density at radius 3 is 2.68 bits per heavy atom. The second-order valence-corrected chi connectivity index (χ2v) is 8.76. The third-order valence-corrected chi connectivity index (χ3v) is 6.51. The average molecular weight is 441 g/mol. The van der Waals surface area contributed by atoms with Crippen LogP contribution in [-0.2, 0) is 13.0 Å². The van der Waals surface area contributed by atoms with Gasteiger partial charge in [-0.1, -0.05) is 31.5 Å². The lowest BCUT2D eigenvalue weighted by Gasteiger charge is -2.11. The van der Waals surface area contributed by atoms with Gasteiger partial charge in [0.2, 0.25) is 0 Å². The minimum atomic E-state index is -0.547. The van der Waals surface area contributed by atoms with Crippen molar-refractivity contribution >= 4 is 39.5 Å². The summed E-state index contributed by atoms with van der Waals surface area (Å²) in [5, 5.41) is 1.06. The van der Waals surface area contributed by atoms with Crippen molar-refractivity contribution in [3.8, 4) is 0 Å². The zero-order chi connectivity index (χ0) is 21.8. The van der Waals surface area contributed by atoms with Crippen molar-refractivity contribution < 1.29 is 8.78 Å². The third-order valence-electron chi connectivity index (χ3n) is 5.37. The molecule has 0 bridgehead atoms. The number of nitrogen functional groups attached to an aromatic ring is 1. The first-order valence-corrected chi connectivity index (χ1v) is 11.7. The van der Waals surface area contributed by atoms with Crippen molar-refractivity contribution in [3.05, 3.63) is 59.9 Å². The number of fused-ring (bicyclic) bond motifs is 3. The van der Waals surface area contributed by atoms with E-state index < -0.39 is 11.6 Å². The Morgan fingerprint density at radius 2 is 1.87 bits per heavy atom. The number of aromatic nitrogens is 3. The van der Waals surface area contributed by atoms with Crippen LogP contribution in [0.1, 0.15) is 38.4 Å². The maximum atomic E-state index is 13.8. The van der Waals surface area contributed by atoms with Gasteiger partial charge in [0.25, 0.3) is 0 Å². The van der Waals surface area contributed by atoms with E-state index in [1.165, 1.54) is 23.9 Å². The number of benzene rings is 2. The number of thioether (sulfide) groups is 1. The SMILES string of the molecule is CCCCc1nc2c(N)nc3ccccc3c2n1CCCCSc1ccc(F)cc1F. The van der Waals surface area contributed by atoms with Gasteiger partial charge >= 0.3 is 0 Å². The van der Waals surface area contributed by atoms with Crippen molar-refractivity contribution in [2.75, 3.05) is 11.5 Å². The van der Waals surface area contributed by atoms with E-state index in [2.05, 4.69) is 22.5 Å². The van der Waals surface area contributed by atoms with Crippen LogP contribution in [0.5, 0.6) is 0 Å². The van der Waals surface area contributed by atoms with E-state index in [0.717, 1.165) is 78.2 Å². The smallest absolute Gasteiger partial charge is 0.152 e. The summed E-state index contributed by atoms with van der Waals surface area (Å²) in [6, 6.07) is 11.8. The zero-order valence-corrected chi connectivity index (χ0v) is 18.4. The number of unbranched alkanes of at least 4 members (excludes halogenated alkanes) is 2. The molecule has 2 aromatic carbocycles. The fraction of sp³-hybridized carbons (Fsp3) is 0.333. The Kier molecular flexibility index (Phi) is 6.70. The highest BCUT2D eigenvalue weighted by molar-refractivity contribution is 7.99. The Hall–Kier alpha value is -2.67. The van der Waals surface area contributed by atoms with Gasteiger partial charge in [0, 0.05) is 29.3 Å². The molecule has 0 atom stereocenters. The van der Waals surface area contributed by atoms with Gasteiger partial charge in [-0.2, -0.15) is 0 Å². The second kappa shape index (κ2) is 9.64. The molecular formula is C24H26F2N4S. The van der Waals surface area contributed by atoms with E-state index in [9.17, 15) is 8.78 Å². The van der Waals surface area contributed by atoms with Crippen LogP contribution in [0.15, 0.2) is 47.4 Å². The van der Waals surface area contributed by atoms with Gasteiger partial charge in [-0.05, 0) is 43.2 Å². The lowest BCUT2D eigenvalue weighted by molar-refractivity contribution is 0.565. The van der Waals surface area contributed by atoms with Gasteiger partial charge in [-0.15, -0.1) is 11.8 Å². The number of hydrogen-bond acceptors (Lipinski definition) is 4. The third kappa shape index (κ3) is 4.66. The quantitative estimate of drug-likeness (QED) is 0.243. The predicted molar refractivity (Wildman–Crippen MR) is 124 cm³/mol. The van der Waals surface area contributed by atoms with E-state index in [1.807, 2.05) is 18.2 Å². The van der Waals surface area contributed by atoms with Crippen molar-refractivity contribution in [1.82, 2.24) is 14.5 Å². The highest BCUT2D eigenvalue weighted by Crippen LogP contribution is 2.30. The molecule has 4 nitrogen and oxygen atoms in total. The van der Waals surface area contributed by atoms with Gasteiger partial charge in [-0.3, -0.25) is 0 Å². The average Bonchev–Trinajstić information content (AvgIpc) is 3.13. The molecule has 7 heteroatoms. The summed E-state index contributed by atoms with van der Waals surface area (Å²) >= 11 is 1.42. The molecule has 4 aromatic rings. The van der Waals surface area contributed by atoms with Crippen LogP contribution >= 0.6 is 11.8 Å². The van der Waals surface area contributed by atoms with Crippen molar-refractivity contribution in [2.24, 2.45) is 0 Å². The number of para-hydroxylation sites is 1. The fourth-order valence-corrected chi connectivity index (χ4v) is 4.75. The number of nitrogens with two attached hydrogens (primary N) is 1. The summed E-state index contributed by atoms with van der Waals surface area (Å²) in [5.41, 5.74) is 8.94. The molecule has 0 aliphatic heterocycles. The molecule has 0 fully saturated rings. The molecule has 0 unspecified atom stereocenters. The van der Waals surface area contributed by atoms with Crippen molar-refractivity contribution in [2.45, 2.75) is 50.5 Å². The molecule has 0 spiro atoms. The van der Waals surface area contributed by atoms with E-state index in [4.69, 9.17) is 10.7 Å². The number of pyridine rings is 1. The van der Waals surface area contributed by atoms with Gasteiger partial charge in [0.15, 0.2) is 5.82 Å². The molecule has 4 rings (SSSR count). The number of aryl methyl sites for hydroxylation is 2. The number of nitrogens with zero attached hydrogens (tertiary/aromatic N) is 3. The standard InChI is InChI=1S/C24H26F2N4S/c1-2-3-10-21-29-22-23(17-8-4-5-9-19(17)28-24(22)27)30(21)13-6-7-14-31-20-12-11-16(25)15-18(20)26/h4-5,8-9,11-12,15H,2-3,6-7,10,13-14H2,1H3,(H2,27,28). The Morgan fingerprint density at radius 1 is 1.03 bits per heavy atom. The normalized spacial score (nSPS) is 11.6. The summed E-state index contributed by atoms with van der Waals surface area (Å²) in [5.74, 6) is 1.23. The molecule has 2 heterocycles. The fourth-order valence-electron chi connectivity index (χ4n) is 3.82. The highest BCUT2D eigenvalue weighted by Gasteiger charge is 2.16.